The molecule has 1 aliphatic heterocycles. The Morgan fingerprint density at radius 3 is 2.67 bits per heavy atom. The quantitative estimate of drug-likeness (QED) is 0.821. The van der Waals surface area contributed by atoms with E-state index in [0.29, 0.717) is 21.5 Å². The predicted molar refractivity (Wildman–Crippen MR) is 82.9 cm³/mol. The molecule has 5 heteroatoms. The van der Waals surface area contributed by atoms with Crippen molar-refractivity contribution in [3.8, 4) is 11.5 Å². The first kappa shape index (κ1) is 14.6. The molecule has 1 aliphatic rings. The van der Waals surface area contributed by atoms with Gasteiger partial charge in [0.25, 0.3) is 0 Å². The fraction of sp³-hybridized carbons (Fsp3) is 0.250. The van der Waals surface area contributed by atoms with Gasteiger partial charge in [-0.1, -0.05) is 23.2 Å². The average Bonchev–Trinajstić information content (AvgIpc) is 2.99. The summed E-state index contributed by atoms with van der Waals surface area (Å²) in [6, 6.07) is 9.76. The normalized spacial score (nSPS) is 18.0. The first-order valence-corrected chi connectivity index (χ1v) is 7.55. The number of ether oxygens (including phenoxy) is 1. The van der Waals surface area contributed by atoms with Crippen molar-refractivity contribution < 1.29 is 9.13 Å². The molecule has 0 aromatic heterocycles. The molecule has 3 rings (SSSR count). The molecule has 0 radical (unpaired) electrons. The zero-order chi connectivity index (χ0) is 14.8. The summed E-state index contributed by atoms with van der Waals surface area (Å²) in [5, 5.41) is 4.25. The van der Waals surface area contributed by atoms with Gasteiger partial charge in [0.05, 0.1) is 10.0 Å². The second-order valence-corrected chi connectivity index (χ2v) is 5.82. The maximum atomic E-state index is 13.5. The van der Waals surface area contributed by atoms with Crippen molar-refractivity contribution in [2.45, 2.75) is 18.9 Å². The predicted octanol–water partition coefficient (Wildman–Crippen LogP) is 5.35. The van der Waals surface area contributed by atoms with Crippen molar-refractivity contribution >= 4 is 23.2 Å². The molecule has 1 saturated heterocycles. The van der Waals surface area contributed by atoms with Gasteiger partial charge >= 0.3 is 0 Å². The molecule has 0 bridgehead atoms. The van der Waals surface area contributed by atoms with Crippen LogP contribution < -0.4 is 10.1 Å². The Balaban J connectivity index is 1.92. The van der Waals surface area contributed by atoms with E-state index in [0.717, 1.165) is 24.9 Å². The van der Waals surface area contributed by atoms with E-state index in [9.17, 15) is 4.39 Å². The van der Waals surface area contributed by atoms with Crippen LogP contribution in [-0.2, 0) is 0 Å². The van der Waals surface area contributed by atoms with Gasteiger partial charge < -0.3 is 10.1 Å². The maximum Gasteiger partial charge on any atom is 0.132 e. The molecule has 0 unspecified atom stereocenters. The smallest absolute Gasteiger partial charge is 0.132 e. The van der Waals surface area contributed by atoms with Crippen molar-refractivity contribution in [2.24, 2.45) is 0 Å². The van der Waals surface area contributed by atoms with Crippen molar-refractivity contribution in [2.75, 3.05) is 6.54 Å². The zero-order valence-corrected chi connectivity index (χ0v) is 12.7. The molecule has 110 valence electrons. The lowest BCUT2D eigenvalue weighted by atomic mass is 10.0. The fourth-order valence-electron chi connectivity index (χ4n) is 2.50. The van der Waals surface area contributed by atoms with Crippen LogP contribution in [0.3, 0.4) is 0 Å². The van der Waals surface area contributed by atoms with Crippen LogP contribution in [0.15, 0.2) is 36.4 Å². The minimum atomic E-state index is -0.264. The van der Waals surface area contributed by atoms with E-state index < -0.39 is 0 Å². The van der Waals surface area contributed by atoms with Gasteiger partial charge in [0, 0.05) is 17.7 Å². The molecule has 1 fully saturated rings. The van der Waals surface area contributed by atoms with Crippen LogP contribution >= 0.6 is 23.2 Å². The number of halogens is 3. The minimum Gasteiger partial charge on any atom is -0.457 e. The Hall–Kier alpha value is -1.29. The highest BCUT2D eigenvalue weighted by molar-refractivity contribution is 6.42. The van der Waals surface area contributed by atoms with Crippen molar-refractivity contribution in [3.63, 3.8) is 0 Å². The molecule has 1 atom stereocenters. The lowest BCUT2D eigenvalue weighted by molar-refractivity contribution is 0.462. The molecular formula is C16H14Cl2FNO. The number of hydrogen-bond donors (Lipinski definition) is 1. The second kappa shape index (κ2) is 6.22. The van der Waals surface area contributed by atoms with E-state index in [2.05, 4.69) is 5.32 Å². The monoisotopic (exact) mass is 325 g/mol. The first-order chi connectivity index (χ1) is 10.1. The van der Waals surface area contributed by atoms with E-state index >= 15 is 0 Å². The summed E-state index contributed by atoms with van der Waals surface area (Å²) in [4.78, 5) is 0. The highest BCUT2D eigenvalue weighted by atomic mass is 35.5. The summed E-state index contributed by atoms with van der Waals surface area (Å²) in [5.74, 6) is 0.949. The Morgan fingerprint density at radius 1 is 1.10 bits per heavy atom. The fourth-order valence-corrected chi connectivity index (χ4v) is 2.79. The molecule has 0 aliphatic carbocycles. The Morgan fingerprint density at radius 2 is 1.95 bits per heavy atom. The Kier molecular flexibility index (Phi) is 4.34. The zero-order valence-electron chi connectivity index (χ0n) is 11.2. The molecule has 1 heterocycles. The molecule has 2 aromatic rings. The largest absolute Gasteiger partial charge is 0.457 e. The van der Waals surface area contributed by atoms with Crippen LogP contribution in [0.25, 0.3) is 0 Å². The molecule has 0 spiro atoms. The van der Waals surface area contributed by atoms with Crippen molar-refractivity contribution in [1.82, 2.24) is 5.32 Å². The number of rotatable bonds is 3. The number of hydrogen-bond acceptors (Lipinski definition) is 2. The van der Waals surface area contributed by atoms with Gasteiger partial charge in [0.2, 0.25) is 0 Å². The third kappa shape index (κ3) is 3.31. The summed E-state index contributed by atoms with van der Waals surface area (Å²) >= 11 is 11.9. The average molecular weight is 326 g/mol. The van der Waals surface area contributed by atoms with Gasteiger partial charge in [-0.2, -0.15) is 0 Å². The van der Waals surface area contributed by atoms with Crippen LogP contribution in [0.4, 0.5) is 4.39 Å². The molecule has 2 aromatic carbocycles. The lowest BCUT2D eigenvalue weighted by Crippen LogP contribution is -2.13. The third-order valence-electron chi connectivity index (χ3n) is 3.53. The van der Waals surface area contributed by atoms with E-state index in [4.69, 9.17) is 27.9 Å². The molecule has 0 saturated carbocycles. The van der Waals surface area contributed by atoms with Crippen LogP contribution in [0.5, 0.6) is 11.5 Å². The summed E-state index contributed by atoms with van der Waals surface area (Å²) < 4.78 is 19.4. The second-order valence-electron chi connectivity index (χ2n) is 5.01. The van der Waals surface area contributed by atoms with Crippen molar-refractivity contribution in [3.05, 3.63) is 57.8 Å². The summed E-state index contributed by atoms with van der Waals surface area (Å²) in [7, 11) is 0. The molecule has 21 heavy (non-hydrogen) atoms. The van der Waals surface area contributed by atoms with E-state index in [1.807, 2.05) is 0 Å². The van der Waals surface area contributed by atoms with E-state index in [1.165, 1.54) is 12.1 Å². The van der Waals surface area contributed by atoms with Crippen LogP contribution in [0, 0.1) is 5.82 Å². The Bertz CT molecular complexity index is 657. The summed E-state index contributed by atoms with van der Waals surface area (Å²) in [6.45, 7) is 0.938. The molecular weight excluding hydrogens is 312 g/mol. The highest BCUT2D eigenvalue weighted by Crippen LogP contribution is 2.35. The number of benzene rings is 2. The van der Waals surface area contributed by atoms with Gasteiger partial charge in [-0.15, -0.1) is 0 Å². The van der Waals surface area contributed by atoms with E-state index in [1.54, 1.807) is 24.3 Å². The molecule has 2 nitrogen and oxygen atoms in total. The van der Waals surface area contributed by atoms with Crippen LogP contribution in [0.1, 0.15) is 24.4 Å². The minimum absolute atomic E-state index is 0.124. The lowest BCUT2D eigenvalue weighted by Gasteiger charge is -2.16. The maximum absolute atomic E-state index is 13.5. The van der Waals surface area contributed by atoms with Gasteiger partial charge in [-0.3, -0.25) is 0 Å². The number of nitrogens with one attached hydrogen (secondary N) is 1. The molecule has 1 N–H and O–H groups in total. The van der Waals surface area contributed by atoms with Crippen LogP contribution in [-0.4, -0.2) is 6.54 Å². The first-order valence-electron chi connectivity index (χ1n) is 6.79. The van der Waals surface area contributed by atoms with Crippen LogP contribution in [0.2, 0.25) is 10.0 Å². The highest BCUT2D eigenvalue weighted by Gasteiger charge is 2.21. The van der Waals surface area contributed by atoms with E-state index in [-0.39, 0.29) is 11.9 Å². The van der Waals surface area contributed by atoms with Crippen molar-refractivity contribution in [1.29, 1.82) is 0 Å². The SMILES string of the molecule is Fc1ccc(Oc2ccc(Cl)c(Cl)c2)c([C@H]2CCCN2)c1. The third-order valence-corrected chi connectivity index (χ3v) is 4.27. The summed E-state index contributed by atoms with van der Waals surface area (Å²) in [5.41, 5.74) is 0.832. The standard InChI is InChI=1S/C16H14Cl2FNO/c17-13-5-4-11(9-14(13)18)21-16-6-3-10(19)8-12(16)15-2-1-7-20-15/h3-6,8-9,15,20H,1-2,7H2/t15-/m1/s1. The molecule has 0 amide bonds. The van der Waals surface area contributed by atoms with Gasteiger partial charge in [-0.25, -0.2) is 4.39 Å². The summed E-state index contributed by atoms with van der Waals surface area (Å²) in [6.07, 6.45) is 2.05. The van der Waals surface area contributed by atoms with Gasteiger partial charge in [0.1, 0.15) is 17.3 Å². The van der Waals surface area contributed by atoms with Gasteiger partial charge in [-0.05, 0) is 49.7 Å². The topological polar surface area (TPSA) is 21.3 Å². The van der Waals surface area contributed by atoms with Gasteiger partial charge in [0.15, 0.2) is 0 Å². The Labute approximate surface area is 132 Å².